The SMILES string of the molecule is C=C(F)C(=O)N1CCN(c2nc(OC[C@@H]3CCCN3C)nc3c(F)c(-c4cccc5ccc(F)c(F)c45)ncc23)C[C@@H]1CC#N. The first kappa shape index (κ1) is 30.2. The number of amides is 1. The van der Waals surface area contributed by atoms with Crippen LogP contribution in [0.5, 0.6) is 6.01 Å². The van der Waals surface area contributed by atoms with E-state index in [0.29, 0.717) is 5.39 Å². The fourth-order valence-corrected chi connectivity index (χ4v) is 6.13. The first-order chi connectivity index (χ1) is 21.7. The second-order valence-electron chi connectivity index (χ2n) is 11.2. The van der Waals surface area contributed by atoms with Gasteiger partial charge in [0, 0.05) is 42.8 Å². The van der Waals surface area contributed by atoms with Crippen LogP contribution in [0, 0.1) is 28.8 Å². The van der Waals surface area contributed by atoms with E-state index in [1.165, 1.54) is 23.2 Å². The molecule has 1 amide bonds. The van der Waals surface area contributed by atoms with Crippen molar-refractivity contribution in [1.82, 2.24) is 24.8 Å². The number of hydrogen-bond donors (Lipinski definition) is 0. The summed E-state index contributed by atoms with van der Waals surface area (Å²) in [4.78, 5) is 30.9. The van der Waals surface area contributed by atoms with Crippen LogP contribution in [-0.2, 0) is 4.79 Å². The Hall–Kier alpha value is -4.83. The van der Waals surface area contributed by atoms with Gasteiger partial charge in [-0.1, -0.05) is 30.8 Å². The lowest BCUT2D eigenvalue weighted by Gasteiger charge is -2.41. The van der Waals surface area contributed by atoms with Crippen LogP contribution < -0.4 is 9.64 Å². The molecular weight excluding hydrogens is 590 g/mol. The van der Waals surface area contributed by atoms with E-state index in [-0.39, 0.29) is 78.1 Å². The van der Waals surface area contributed by atoms with Gasteiger partial charge in [0.2, 0.25) is 0 Å². The molecule has 2 aliphatic rings. The van der Waals surface area contributed by atoms with E-state index < -0.39 is 35.2 Å². The number of likely N-dealkylation sites (N-methyl/N-ethyl adjacent to an activating group) is 1. The molecule has 0 spiro atoms. The standard InChI is InChI=1S/C32H29F4N7O2/c1-18(33)31(44)43-14-13-42(16-20(43)10-11-37)30-23-15-38-28(22-7-3-5-19-8-9-24(34)26(35)25(19)22)27(36)29(23)39-32(40-30)45-17-21-6-4-12-41(21)2/h3,5,7-9,15,20-21H,1,4,6,10,12-14,16-17H2,2H3/t20-,21-/m0/s1. The summed E-state index contributed by atoms with van der Waals surface area (Å²) in [7, 11) is 1.99. The first-order valence-corrected chi connectivity index (χ1v) is 14.5. The Morgan fingerprint density at radius 1 is 1.11 bits per heavy atom. The number of rotatable bonds is 7. The van der Waals surface area contributed by atoms with Crippen molar-refractivity contribution < 1.29 is 27.1 Å². The molecule has 6 rings (SSSR count). The van der Waals surface area contributed by atoms with Gasteiger partial charge in [0.1, 0.15) is 23.6 Å². The second-order valence-corrected chi connectivity index (χ2v) is 11.2. The van der Waals surface area contributed by atoms with Gasteiger partial charge in [0.15, 0.2) is 23.3 Å². The molecule has 9 nitrogen and oxygen atoms in total. The molecule has 0 radical (unpaired) electrons. The predicted octanol–water partition coefficient (Wildman–Crippen LogP) is 5.15. The highest BCUT2D eigenvalue weighted by molar-refractivity contribution is 5.99. The number of likely N-dealkylation sites (tertiary alicyclic amines) is 1. The van der Waals surface area contributed by atoms with Crippen LogP contribution in [-0.4, -0.2) is 82.6 Å². The number of nitrogens with zero attached hydrogens (tertiary/aromatic N) is 7. The average molecular weight is 620 g/mol. The fourth-order valence-electron chi connectivity index (χ4n) is 6.13. The molecule has 45 heavy (non-hydrogen) atoms. The zero-order valence-corrected chi connectivity index (χ0v) is 24.4. The van der Waals surface area contributed by atoms with E-state index in [0.717, 1.165) is 25.5 Å². The van der Waals surface area contributed by atoms with Gasteiger partial charge in [-0.3, -0.25) is 9.78 Å². The average Bonchev–Trinajstić information content (AvgIpc) is 3.45. The molecule has 2 fully saturated rings. The Bertz CT molecular complexity index is 1860. The van der Waals surface area contributed by atoms with Crippen LogP contribution in [0.1, 0.15) is 19.3 Å². The van der Waals surface area contributed by atoms with Crippen molar-refractivity contribution in [2.75, 3.05) is 44.7 Å². The van der Waals surface area contributed by atoms with Crippen molar-refractivity contribution in [3.8, 4) is 23.3 Å². The summed E-state index contributed by atoms with van der Waals surface area (Å²) < 4.78 is 65.5. The Morgan fingerprint density at radius 3 is 2.67 bits per heavy atom. The maximum absolute atomic E-state index is 16.5. The number of carbonyl (C=O) groups is 1. The normalized spacial score (nSPS) is 18.8. The van der Waals surface area contributed by atoms with Crippen molar-refractivity contribution in [3.05, 3.63) is 66.4 Å². The third-order valence-electron chi connectivity index (χ3n) is 8.51. The molecule has 0 N–H and O–H groups in total. The van der Waals surface area contributed by atoms with Crippen molar-refractivity contribution in [2.24, 2.45) is 0 Å². The Kier molecular flexibility index (Phi) is 8.24. The second kappa shape index (κ2) is 12.3. The largest absolute Gasteiger partial charge is 0.462 e. The van der Waals surface area contributed by atoms with Gasteiger partial charge in [-0.05, 0) is 37.9 Å². The molecule has 0 bridgehead atoms. The van der Waals surface area contributed by atoms with Crippen LogP contribution in [0.3, 0.4) is 0 Å². The third kappa shape index (κ3) is 5.62. The summed E-state index contributed by atoms with van der Waals surface area (Å²) in [6.07, 6.45) is 3.19. The number of halogens is 4. The van der Waals surface area contributed by atoms with E-state index >= 15 is 8.78 Å². The van der Waals surface area contributed by atoms with Gasteiger partial charge >= 0.3 is 6.01 Å². The van der Waals surface area contributed by atoms with Gasteiger partial charge in [-0.15, -0.1) is 0 Å². The molecule has 13 heteroatoms. The van der Waals surface area contributed by atoms with Crippen molar-refractivity contribution >= 4 is 33.4 Å². The van der Waals surface area contributed by atoms with Crippen molar-refractivity contribution in [2.45, 2.75) is 31.3 Å². The molecule has 0 unspecified atom stereocenters. The molecular formula is C32H29F4N7O2. The summed E-state index contributed by atoms with van der Waals surface area (Å²) in [5.41, 5.74) is -0.337. The smallest absolute Gasteiger partial charge is 0.319 e. The van der Waals surface area contributed by atoms with Gasteiger partial charge in [0.25, 0.3) is 5.91 Å². The molecule has 2 aliphatic heterocycles. The molecule has 2 saturated heterocycles. The monoisotopic (exact) mass is 619 g/mol. The summed E-state index contributed by atoms with van der Waals surface area (Å²) in [5.74, 6) is -4.86. The lowest BCUT2D eigenvalue weighted by Crippen LogP contribution is -2.55. The van der Waals surface area contributed by atoms with Crippen LogP contribution in [0.25, 0.3) is 32.9 Å². The predicted molar refractivity (Wildman–Crippen MR) is 159 cm³/mol. The van der Waals surface area contributed by atoms with E-state index in [9.17, 15) is 18.8 Å². The number of ether oxygens (including phenoxy) is 1. The van der Waals surface area contributed by atoms with Crippen LogP contribution in [0.2, 0.25) is 0 Å². The molecule has 0 aliphatic carbocycles. The maximum Gasteiger partial charge on any atom is 0.319 e. The minimum absolute atomic E-state index is 0.0479. The number of anilines is 1. The zero-order valence-electron chi connectivity index (χ0n) is 24.4. The number of nitriles is 1. The van der Waals surface area contributed by atoms with Gasteiger partial charge in [-0.25, -0.2) is 17.6 Å². The summed E-state index contributed by atoms with van der Waals surface area (Å²) in [6.45, 7) is 4.58. The highest BCUT2D eigenvalue weighted by Crippen LogP contribution is 2.37. The highest BCUT2D eigenvalue weighted by atomic mass is 19.2. The van der Waals surface area contributed by atoms with E-state index in [1.54, 1.807) is 17.0 Å². The molecule has 2 aromatic heterocycles. The third-order valence-corrected chi connectivity index (χ3v) is 8.51. The van der Waals surface area contributed by atoms with Crippen LogP contribution >= 0.6 is 0 Å². The van der Waals surface area contributed by atoms with E-state index in [4.69, 9.17) is 4.74 Å². The summed E-state index contributed by atoms with van der Waals surface area (Å²) in [6, 6.07) is 8.40. The van der Waals surface area contributed by atoms with E-state index in [1.807, 2.05) is 13.1 Å². The van der Waals surface area contributed by atoms with Gasteiger partial charge < -0.3 is 19.4 Å². The number of benzene rings is 2. The topological polar surface area (TPSA) is 98.5 Å². The quantitative estimate of drug-likeness (QED) is 0.207. The minimum atomic E-state index is -1.13. The molecule has 2 aromatic carbocycles. The maximum atomic E-state index is 16.5. The van der Waals surface area contributed by atoms with Gasteiger partial charge in [-0.2, -0.15) is 15.2 Å². The van der Waals surface area contributed by atoms with Crippen LogP contribution in [0.4, 0.5) is 23.4 Å². The summed E-state index contributed by atoms with van der Waals surface area (Å²) in [5, 5.41) is 9.89. The molecule has 0 saturated carbocycles. The number of pyridine rings is 1. The van der Waals surface area contributed by atoms with Crippen LogP contribution in [0.15, 0.2) is 48.9 Å². The van der Waals surface area contributed by atoms with Gasteiger partial charge in [0.05, 0.1) is 23.9 Å². The molecule has 2 atom stereocenters. The van der Waals surface area contributed by atoms with Crippen molar-refractivity contribution in [1.29, 1.82) is 5.26 Å². The molecule has 232 valence electrons. The number of hydrogen-bond acceptors (Lipinski definition) is 8. The number of piperazine rings is 1. The lowest BCUT2D eigenvalue weighted by atomic mass is 10.00. The zero-order chi connectivity index (χ0) is 31.8. The van der Waals surface area contributed by atoms with Crippen molar-refractivity contribution in [3.63, 3.8) is 0 Å². The number of fused-ring (bicyclic) bond motifs is 2. The Balaban J connectivity index is 1.46. The Morgan fingerprint density at radius 2 is 1.93 bits per heavy atom. The minimum Gasteiger partial charge on any atom is -0.462 e. The highest BCUT2D eigenvalue weighted by Gasteiger charge is 2.34. The number of aromatic nitrogens is 3. The molecule has 4 heterocycles. The molecule has 4 aromatic rings. The van der Waals surface area contributed by atoms with E-state index in [2.05, 4.69) is 26.4 Å². The number of carbonyl (C=O) groups excluding carboxylic acids is 1. The fraction of sp³-hybridized carbons (Fsp3) is 0.344. The lowest BCUT2D eigenvalue weighted by molar-refractivity contribution is -0.131. The first-order valence-electron chi connectivity index (χ1n) is 14.5. The summed E-state index contributed by atoms with van der Waals surface area (Å²) >= 11 is 0. The Labute approximate surface area is 256 Å².